The molecule has 0 aromatic heterocycles. The lowest BCUT2D eigenvalue weighted by Gasteiger charge is -2.48. The highest BCUT2D eigenvalue weighted by atomic mass is 16.5. The second-order valence-electron chi connectivity index (χ2n) is 8.98. The second-order valence-corrected chi connectivity index (χ2v) is 8.98. The van der Waals surface area contributed by atoms with E-state index in [1.807, 2.05) is 0 Å². The van der Waals surface area contributed by atoms with E-state index in [1.54, 1.807) is 0 Å². The van der Waals surface area contributed by atoms with Crippen LogP contribution in [-0.2, 0) is 5.41 Å². The van der Waals surface area contributed by atoms with Crippen molar-refractivity contribution in [3.8, 4) is 11.5 Å². The van der Waals surface area contributed by atoms with E-state index in [0.717, 1.165) is 11.5 Å². The van der Waals surface area contributed by atoms with E-state index in [9.17, 15) is 0 Å². The Bertz CT molecular complexity index is 1370. The van der Waals surface area contributed by atoms with E-state index in [0.29, 0.717) is 0 Å². The zero-order valence-electron chi connectivity index (χ0n) is 17.0. The van der Waals surface area contributed by atoms with Crippen LogP contribution >= 0.6 is 0 Å². The Labute approximate surface area is 176 Å². The van der Waals surface area contributed by atoms with Gasteiger partial charge in [0, 0.05) is 16.8 Å². The van der Waals surface area contributed by atoms with Crippen molar-refractivity contribution >= 4 is 40.2 Å². The molecule has 0 unspecified atom stereocenters. The maximum Gasteiger partial charge on any atom is 0.256 e. The fourth-order valence-corrected chi connectivity index (χ4v) is 5.76. The molecule has 2 nitrogen and oxygen atoms in total. The van der Waals surface area contributed by atoms with Crippen molar-refractivity contribution in [2.24, 2.45) is 0 Å². The van der Waals surface area contributed by atoms with Crippen LogP contribution in [0, 0.1) is 0 Å². The van der Waals surface area contributed by atoms with Gasteiger partial charge in [-0.25, -0.2) is 0 Å². The Hall–Kier alpha value is -3.46. The molecule has 0 bridgehead atoms. The zero-order valence-corrected chi connectivity index (χ0v) is 17.0. The Morgan fingerprint density at radius 1 is 0.667 bits per heavy atom. The summed E-state index contributed by atoms with van der Waals surface area (Å²) in [6.07, 6.45) is 0. The smallest absolute Gasteiger partial charge is 0.256 e. The summed E-state index contributed by atoms with van der Waals surface area (Å²) in [5, 5.41) is 0. The molecule has 4 aromatic carbocycles. The van der Waals surface area contributed by atoms with Crippen LogP contribution in [0.4, 0.5) is 17.1 Å². The van der Waals surface area contributed by atoms with Crippen LogP contribution in [0.25, 0.3) is 0 Å². The van der Waals surface area contributed by atoms with Crippen LogP contribution in [0.5, 0.6) is 11.5 Å². The summed E-state index contributed by atoms with van der Waals surface area (Å²) in [4.78, 5) is 2.47. The van der Waals surface area contributed by atoms with Gasteiger partial charge in [0.05, 0.1) is 5.69 Å². The summed E-state index contributed by atoms with van der Waals surface area (Å²) in [6.45, 7) is 4.87. The van der Waals surface area contributed by atoms with E-state index in [-0.39, 0.29) is 12.1 Å². The quantitative estimate of drug-likeness (QED) is 0.351. The summed E-state index contributed by atoms with van der Waals surface area (Å²) in [5.74, 6) is 1.95. The largest absolute Gasteiger partial charge is 0.458 e. The predicted octanol–water partition coefficient (Wildman–Crippen LogP) is 4.73. The Morgan fingerprint density at radius 3 is 2.23 bits per heavy atom. The van der Waals surface area contributed by atoms with Crippen molar-refractivity contribution in [3.05, 3.63) is 96.1 Å². The van der Waals surface area contributed by atoms with Gasteiger partial charge in [-0.1, -0.05) is 74.5 Å². The van der Waals surface area contributed by atoms with Crippen molar-refractivity contribution in [1.82, 2.24) is 0 Å². The molecule has 7 rings (SSSR count). The Balaban J connectivity index is 1.66. The van der Waals surface area contributed by atoms with Gasteiger partial charge in [-0.05, 0) is 51.8 Å². The molecule has 0 saturated heterocycles. The predicted molar refractivity (Wildman–Crippen MR) is 124 cm³/mol. The van der Waals surface area contributed by atoms with Crippen molar-refractivity contribution in [2.75, 3.05) is 4.90 Å². The number of rotatable bonds is 0. The standard InChI is InChI=1S/C27H20BNO/c1-27(2)17-9-3-6-12-21(17)29-22-13-7-4-10-19(22)28-20-11-5-8-14-23(20)30-24-16-15-18(27)26(29)25(24)28/h3-16H,1-2H3. The molecule has 3 aliphatic rings. The van der Waals surface area contributed by atoms with E-state index in [4.69, 9.17) is 4.74 Å². The number of anilines is 3. The van der Waals surface area contributed by atoms with Crippen LogP contribution in [0.1, 0.15) is 25.0 Å². The minimum atomic E-state index is -0.0781. The van der Waals surface area contributed by atoms with Gasteiger partial charge in [0.1, 0.15) is 11.5 Å². The third kappa shape index (κ3) is 1.82. The molecular formula is C27H20BNO. The summed E-state index contributed by atoms with van der Waals surface area (Å²) >= 11 is 0. The minimum absolute atomic E-state index is 0.0781. The van der Waals surface area contributed by atoms with Crippen molar-refractivity contribution < 1.29 is 4.74 Å². The average molecular weight is 385 g/mol. The van der Waals surface area contributed by atoms with E-state index < -0.39 is 0 Å². The van der Waals surface area contributed by atoms with Crippen LogP contribution in [0.2, 0.25) is 0 Å². The van der Waals surface area contributed by atoms with E-state index in [1.165, 1.54) is 44.6 Å². The van der Waals surface area contributed by atoms with Gasteiger partial charge >= 0.3 is 0 Å². The van der Waals surface area contributed by atoms with Crippen molar-refractivity contribution in [3.63, 3.8) is 0 Å². The number of fused-ring (bicyclic) bond motifs is 7. The van der Waals surface area contributed by atoms with Gasteiger partial charge < -0.3 is 9.64 Å². The molecule has 0 fully saturated rings. The van der Waals surface area contributed by atoms with Gasteiger partial charge in [-0.15, -0.1) is 0 Å². The first-order chi connectivity index (χ1) is 14.7. The van der Waals surface area contributed by atoms with Gasteiger partial charge in [-0.2, -0.15) is 0 Å². The van der Waals surface area contributed by atoms with Crippen LogP contribution < -0.4 is 26.0 Å². The highest BCUT2D eigenvalue weighted by Gasteiger charge is 2.47. The second kappa shape index (κ2) is 5.37. The first kappa shape index (κ1) is 16.4. The summed E-state index contributed by atoms with van der Waals surface area (Å²) in [5.41, 5.74) is 10.4. The lowest BCUT2D eigenvalue weighted by atomic mass is 9.33. The molecule has 0 radical (unpaired) electrons. The van der Waals surface area contributed by atoms with Crippen LogP contribution in [0.3, 0.4) is 0 Å². The fraction of sp³-hybridized carbons (Fsp3) is 0.111. The number of nitrogens with zero attached hydrogens (tertiary/aromatic N) is 1. The molecule has 3 heteroatoms. The third-order valence-electron chi connectivity index (χ3n) is 7.12. The number of para-hydroxylation sites is 3. The van der Waals surface area contributed by atoms with Gasteiger partial charge in [0.25, 0.3) is 6.71 Å². The first-order valence-corrected chi connectivity index (χ1v) is 10.6. The molecular weight excluding hydrogens is 365 g/mol. The van der Waals surface area contributed by atoms with Gasteiger partial charge in [-0.3, -0.25) is 0 Å². The highest BCUT2D eigenvalue weighted by Crippen LogP contribution is 2.53. The normalized spacial score (nSPS) is 16.1. The third-order valence-corrected chi connectivity index (χ3v) is 7.12. The molecule has 0 atom stereocenters. The lowest BCUT2D eigenvalue weighted by Crippen LogP contribution is -2.60. The maximum absolute atomic E-state index is 6.44. The fourth-order valence-electron chi connectivity index (χ4n) is 5.76. The minimum Gasteiger partial charge on any atom is -0.458 e. The number of benzene rings is 4. The molecule has 0 saturated carbocycles. The molecule has 0 amide bonds. The molecule has 30 heavy (non-hydrogen) atoms. The Morgan fingerprint density at radius 2 is 1.37 bits per heavy atom. The summed E-state index contributed by atoms with van der Waals surface area (Å²) in [6, 6.07) is 30.6. The monoisotopic (exact) mass is 385 g/mol. The van der Waals surface area contributed by atoms with Crippen molar-refractivity contribution in [1.29, 1.82) is 0 Å². The Kier molecular flexibility index (Phi) is 2.93. The lowest BCUT2D eigenvalue weighted by molar-refractivity contribution is 0.486. The highest BCUT2D eigenvalue weighted by molar-refractivity contribution is 6.99. The maximum atomic E-state index is 6.44. The molecule has 4 aromatic rings. The van der Waals surface area contributed by atoms with Gasteiger partial charge in [0.2, 0.25) is 0 Å². The summed E-state index contributed by atoms with van der Waals surface area (Å²) < 4.78 is 6.44. The number of hydrogen-bond acceptors (Lipinski definition) is 2. The van der Waals surface area contributed by atoms with E-state index >= 15 is 0 Å². The molecule has 0 spiro atoms. The van der Waals surface area contributed by atoms with Crippen molar-refractivity contribution in [2.45, 2.75) is 19.3 Å². The molecule has 3 aliphatic heterocycles. The number of ether oxygens (including phenoxy) is 1. The van der Waals surface area contributed by atoms with Crippen LogP contribution in [-0.4, -0.2) is 6.71 Å². The van der Waals surface area contributed by atoms with Crippen LogP contribution in [0.15, 0.2) is 84.9 Å². The zero-order chi connectivity index (χ0) is 20.0. The first-order valence-electron chi connectivity index (χ1n) is 10.6. The molecule has 3 heterocycles. The molecule has 0 N–H and O–H groups in total. The van der Waals surface area contributed by atoms with E-state index in [2.05, 4.69) is 104 Å². The molecule has 142 valence electrons. The number of hydrogen-bond donors (Lipinski definition) is 0. The average Bonchev–Trinajstić information content (AvgIpc) is 2.78. The topological polar surface area (TPSA) is 12.5 Å². The molecule has 0 aliphatic carbocycles. The van der Waals surface area contributed by atoms with Gasteiger partial charge in [0.15, 0.2) is 0 Å². The SMILES string of the molecule is CC1(C)c2ccccc2N2c3ccccc3B3c4ccccc4Oc4ccc1c2c43. The summed E-state index contributed by atoms with van der Waals surface area (Å²) in [7, 11) is 0.